The van der Waals surface area contributed by atoms with E-state index in [2.05, 4.69) is 5.10 Å². The Bertz CT molecular complexity index is 797. The molecule has 0 aliphatic carbocycles. The number of aromatic nitrogens is 2. The molecule has 120 valence electrons. The first-order valence-electron chi connectivity index (χ1n) is 6.20. The van der Waals surface area contributed by atoms with Gasteiger partial charge in [0, 0.05) is 6.20 Å². The molecule has 9 heteroatoms. The zero-order chi connectivity index (χ0) is 16.7. The molecule has 0 saturated carbocycles. The third-order valence-electron chi connectivity index (χ3n) is 3.19. The predicted octanol–water partition coefficient (Wildman–Crippen LogP) is 3.07. The lowest BCUT2D eigenvalue weighted by molar-refractivity contribution is -0.141. The molecule has 22 heavy (non-hydrogen) atoms. The predicted molar refractivity (Wildman–Crippen MR) is 72.0 cm³/mol. The van der Waals surface area contributed by atoms with Crippen molar-refractivity contribution >= 4 is 10.1 Å². The van der Waals surface area contributed by atoms with Crippen molar-refractivity contribution in [3.8, 4) is 0 Å². The number of alkyl halides is 3. The molecule has 1 aromatic heterocycles. The molecule has 0 saturated heterocycles. The van der Waals surface area contributed by atoms with Crippen LogP contribution in [0, 0.1) is 6.92 Å². The van der Waals surface area contributed by atoms with Crippen LogP contribution < -0.4 is 0 Å². The number of hydrogen-bond donors (Lipinski definition) is 1. The number of halogens is 3. The minimum Gasteiger partial charge on any atom is -0.282 e. The van der Waals surface area contributed by atoms with E-state index in [4.69, 9.17) is 0 Å². The Balaban J connectivity index is 2.52. The van der Waals surface area contributed by atoms with E-state index in [9.17, 15) is 26.1 Å². The monoisotopic (exact) mass is 334 g/mol. The maximum absolute atomic E-state index is 12.6. The van der Waals surface area contributed by atoms with Crippen molar-refractivity contribution in [1.82, 2.24) is 9.78 Å². The quantitative estimate of drug-likeness (QED) is 0.876. The molecule has 2 rings (SSSR count). The minimum absolute atomic E-state index is 0.166. The van der Waals surface area contributed by atoms with Crippen LogP contribution in [0.5, 0.6) is 0 Å². The van der Waals surface area contributed by atoms with Crippen LogP contribution in [0.1, 0.15) is 29.8 Å². The Hall–Kier alpha value is -1.87. The van der Waals surface area contributed by atoms with Gasteiger partial charge in [-0.2, -0.15) is 26.7 Å². The van der Waals surface area contributed by atoms with Gasteiger partial charge in [-0.25, -0.2) is 0 Å². The van der Waals surface area contributed by atoms with Gasteiger partial charge in [0.2, 0.25) is 0 Å². The molecule has 0 spiro atoms. The molecular formula is C13H13F3N2O3S. The molecule has 1 heterocycles. The fraction of sp³-hybridized carbons (Fsp3) is 0.308. The van der Waals surface area contributed by atoms with E-state index in [0.717, 1.165) is 16.9 Å². The highest BCUT2D eigenvalue weighted by Crippen LogP contribution is 2.30. The first-order valence-corrected chi connectivity index (χ1v) is 7.64. The second-order valence-electron chi connectivity index (χ2n) is 4.87. The third kappa shape index (κ3) is 3.30. The molecular weight excluding hydrogens is 321 g/mol. The lowest BCUT2D eigenvalue weighted by Crippen LogP contribution is -2.14. The highest BCUT2D eigenvalue weighted by Gasteiger charge is 2.34. The SMILES string of the molecule is Cc1ccc(S(=O)(=O)O)c(C(C)n2ccc(C(F)(F)F)n2)c1. The standard InChI is InChI=1S/C13H13F3N2O3S/c1-8-3-4-11(22(19,20)21)10(7-8)9(2)18-6-5-12(17-18)13(14,15)16/h3-7,9H,1-2H3,(H,19,20,21). The van der Waals surface area contributed by atoms with Gasteiger partial charge in [0.25, 0.3) is 10.1 Å². The smallest absolute Gasteiger partial charge is 0.282 e. The lowest BCUT2D eigenvalue weighted by atomic mass is 10.1. The van der Waals surface area contributed by atoms with Crippen molar-refractivity contribution in [2.75, 3.05) is 0 Å². The van der Waals surface area contributed by atoms with Gasteiger partial charge in [-0.15, -0.1) is 0 Å². The van der Waals surface area contributed by atoms with Gasteiger partial charge in [0.15, 0.2) is 5.69 Å². The zero-order valence-electron chi connectivity index (χ0n) is 11.7. The summed E-state index contributed by atoms with van der Waals surface area (Å²) >= 11 is 0. The van der Waals surface area contributed by atoms with Gasteiger partial charge in [-0.3, -0.25) is 9.23 Å². The number of rotatable bonds is 3. The van der Waals surface area contributed by atoms with Gasteiger partial charge in [0.05, 0.1) is 10.9 Å². The fourth-order valence-electron chi connectivity index (χ4n) is 2.08. The summed E-state index contributed by atoms with van der Waals surface area (Å²) in [5, 5.41) is 3.43. The summed E-state index contributed by atoms with van der Waals surface area (Å²) in [5.41, 5.74) is -0.197. The second kappa shape index (κ2) is 5.40. The van der Waals surface area contributed by atoms with Crippen LogP contribution in [-0.2, 0) is 16.3 Å². The van der Waals surface area contributed by atoms with E-state index >= 15 is 0 Å². The minimum atomic E-state index is -4.58. The highest BCUT2D eigenvalue weighted by atomic mass is 32.2. The van der Waals surface area contributed by atoms with Crippen LogP contribution in [0.15, 0.2) is 35.4 Å². The van der Waals surface area contributed by atoms with Crippen molar-refractivity contribution in [2.24, 2.45) is 0 Å². The Morgan fingerprint density at radius 1 is 1.27 bits per heavy atom. The first kappa shape index (κ1) is 16.5. The van der Waals surface area contributed by atoms with Crippen LogP contribution in [0.25, 0.3) is 0 Å². The number of benzene rings is 1. The van der Waals surface area contributed by atoms with Crippen molar-refractivity contribution in [1.29, 1.82) is 0 Å². The number of hydrogen-bond acceptors (Lipinski definition) is 3. The molecule has 1 unspecified atom stereocenters. The summed E-state index contributed by atoms with van der Waals surface area (Å²) in [4.78, 5) is -0.352. The Morgan fingerprint density at radius 2 is 1.91 bits per heavy atom. The summed E-state index contributed by atoms with van der Waals surface area (Å²) in [6.07, 6.45) is -3.47. The Kier molecular flexibility index (Phi) is 4.05. The topological polar surface area (TPSA) is 72.2 Å². The Labute approximate surface area is 125 Å². The van der Waals surface area contributed by atoms with Crippen LogP contribution in [0.4, 0.5) is 13.2 Å². The van der Waals surface area contributed by atoms with Gasteiger partial charge in [-0.05, 0) is 31.5 Å². The van der Waals surface area contributed by atoms with Gasteiger partial charge < -0.3 is 0 Å². The zero-order valence-corrected chi connectivity index (χ0v) is 12.5. The molecule has 0 radical (unpaired) electrons. The van der Waals surface area contributed by atoms with E-state index in [1.807, 2.05) is 0 Å². The van der Waals surface area contributed by atoms with Crippen LogP contribution in [0.3, 0.4) is 0 Å². The van der Waals surface area contributed by atoms with Crippen LogP contribution in [-0.4, -0.2) is 22.8 Å². The molecule has 1 N–H and O–H groups in total. The molecule has 0 bridgehead atoms. The van der Waals surface area contributed by atoms with Gasteiger partial charge in [0.1, 0.15) is 0 Å². The molecule has 5 nitrogen and oxygen atoms in total. The van der Waals surface area contributed by atoms with E-state index in [1.165, 1.54) is 25.1 Å². The number of nitrogens with zero attached hydrogens (tertiary/aromatic N) is 2. The van der Waals surface area contributed by atoms with E-state index in [1.54, 1.807) is 6.92 Å². The summed E-state index contributed by atoms with van der Waals surface area (Å²) in [6, 6.07) is 4.20. The maximum Gasteiger partial charge on any atom is 0.435 e. The van der Waals surface area contributed by atoms with Crippen molar-refractivity contribution in [2.45, 2.75) is 31.0 Å². The summed E-state index contributed by atoms with van der Waals surface area (Å²) in [7, 11) is -4.49. The molecule has 0 fully saturated rings. The summed E-state index contributed by atoms with van der Waals surface area (Å²) in [6.45, 7) is 3.20. The molecule has 0 aliphatic heterocycles. The van der Waals surface area contributed by atoms with Gasteiger partial charge >= 0.3 is 6.18 Å². The van der Waals surface area contributed by atoms with Gasteiger partial charge in [-0.1, -0.05) is 17.7 Å². The highest BCUT2D eigenvalue weighted by molar-refractivity contribution is 7.85. The van der Waals surface area contributed by atoms with E-state index in [-0.39, 0.29) is 10.5 Å². The lowest BCUT2D eigenvalue weighted by Gasteiger charge is -2.16. The average molecular weight is 334 g/mol. The maximum atomic E-state index is 12.6. The summed E-state index contributed by atoms with van der Waals surface area (Å²) in [5.74, 6) is 0. The molecule has 1 atom stereocenters. The molecule has 2 aromatic rings. The van der Waals surface area contributed by atoms with Crippen LogP contribution >= 0.6 is 0 Å². The largest absolute Gasteiger partial charge is 0.435 e. The van der Waals surface area contributed by atoms with Crippen LogP contribution in [0.2, 0.25) is 0 Å². The molecule has 0 amide bonds. The molecule has 1 aromatic carbocycles. The first-order chi connectivity index (χ1) is 10.00. The van der Waals surface area contributed by atoms with Crippen molar-refractivity contribution < 1.29 is 26.1 Å². The average Bonchev–Trinajstić information content (AvgIpc) is 2.85. The van der Waals surface area contributed by atoms with E-state index in [0.29, 0.717) is 5.56 Å². The fourth-order valence-corrected chi connectivity index (χ4v) is 2.84. The van der Waals surface area contributed by atoms with Crippen molar-refractivity contribution in [3.63, 3.8) is 0 Å². The third-order valence-corrected chi connectivity index (χ3v) is 4.12. The summed E-state index contributed by atoms with van der Waals surface area (Å²) < 4.78 is 70.8. The Morgan fingerprint density at radius 3 is 2.41 bits per heavy atom. The molecule has 0 aliphatic rings. The van der Waals surface area contributed by atoms with Crippen molar-refractivity contribution in [3.05, 3.63) is 47.3 Å². The number of aryl methyl sites for hydroxylation is 1. The normalized spacial score (nSPS) is 14.1. The van der Waals surface area contributed by atoms with E-state index < -0.39 is 28.0 Å². The second-order valence-corrected chi connectivity index (χ2v) is 6.26.